The molecule has 0 aliphatic rings. The van der Waals surface area contributed by atoms with Crippen LogP contribution in [0.1, 0.15) is 18.1 Å². The monoisotopic (exact) mass is 385 g/mol. The summed E-state index contributed by atoms with van der Waals surface area (Å²) < 4.78 is 15.2. The van der Waals surface area contributed by atoms with Crippen molar-refractivity contribution in [1.29, 1.82) is 0 Å². The van der Waals surface area contributed by atoms with E-state index < -0.39 is 0 Å². The number of hydrogen-bond acceptors (Lipinski definition) is 5. The second-order valence-electron chi connectivity index (χ2n) is 6.14. The molecule has 0 bridgehead atoms. The number of aromatic hydroxyl groups is 1. The first kappa shape index (κ1) is 19.1. The highest BCUT2D eigenvalue weighted by Gasteiger charge is 2.17. The van der Waals surface area contributed by atoms with E-state index in [-0.39, 0.29) is 29.5 Å². The summed E-state index contributed by atoms with van der Waals surface area (Å²) in [7, 11) is 0. The zero-order chi connectivity index (χ0) is 19.4. The van der Waals surface area contributed by atoms with Crippen molar-refractivity contribution in [3.8, 4) is 17.1 Å². The van der Waals surface area contributed by atoms with E-state index in [0.717, 1.165) is 5.56 Å². The summed E-state index contributed by atoms with van der Waals surface area (Å²) in [5.41, 5.74) is 2.20. The number of phenolic OH excluding ortho intramolecular Hbond substituents is 1. The number of carbonyl (C=O) groups excluding carboxylic acids is 1. The SMILES string of the molecule is CCn1c(SCC(=O)Cc2cc(F)ccc2C)nnc1-c1ccccc1O. The van der Waals surface area contributed by atoms with Gasteiger partial charge in [-0.3, -0.25) is 4.79 Å². The van der Waals surface area contributed by atoms with Gasteiger partial charge in [-0.15, -0.1) is 10.2 Å². The highest BCUT2D eigenvalue weighted by molar-refractivity contribution is 7.99. The van der Waals surface area contributed by atoms with Gasteiger partial charge in [-0.2, -0.15) is 0 Å². The predicted molar refractivity (Wildman–Crippen MR) is 103 cm³/mol. The Morgan fingerprint density at radius 3 is 2.74 bits per heavy atom. The molecule has 2 aromatic carbocycles. The number of ketones is 1. The fourth-order valence-corrected chi connectivity index (χ4v) is 3.64. The Hall–Kier alpha value is -2.67. The largest absolute Gasteiger partial charge is 0.507 e. The van der Waals surface area contributed by atoms with E-state index in [1.54, 1.807) is 24.3 Å². The van der Waals surface area contributed by atoms with Crippen LogP contribution in [0.3, 0.4) is 0 Å². The minimum absolute atomic E-state index is 0.0107. The molecule has 3 rings (SSSR count). The minimum atomic E-state index is -0.339. The number of phenols is 1. The molecule has 1 N–H and O–H groups in total. The van der Waals surface area contributed by atoms with E-state index in [2.05, 4.69) is 10.2 Å². The van der Waals surface area contributed by atoms with Gasteiger partial charge in [-0.25, -0.2) is 4.39 Å². The van der Waals surface area contributed by atoms with Crippen molar-refractivity contribution in [1.82, 2.24) is 14.8 Å². The number of aryl methyl sites for hydroxylation is 1. The molecule has 1 heterocycles. The standard InChI is InChI=1S/C20H20FN3O2S/c1-3-24-19(17-6-4-5-7-18(17)26)22-23-20(24)27-12-16(25)11-14-10-15(21)9-8-13(14)2/h4-10,26H,3,11-12H2,1-2H3. The zero-order valence-electron chi connectivity index (χ0n) is 15.1. The molecule has 0 radical (unpaired) electrons. The van der Waals surface area contributed by atoms with E-state index in [1.165, 1.54) is 23.9 Å². The van der Waals surface area contributed by atoms with Crippen LogP contribution >= 0.6 is 11.8 Å². The third-order valence-corrected chi connectivity index (χ3v) is 5.27. The average molecular weight is 385 g/mol. The van der Waals surface area contributed by atoms with E-state index in [1.807, 2.05) is 24.5 Å². The van der Waals surface area contributed by atoms with Crippen LogP contribution in [0.25, 0.3) is 11.4 Å². The number of benzene rings is 2. The van der Waals surface area contributed by atoms with Gasteiger partial charge in [0.05, 0.1) is 11.3 Å². The number of hydrogen-bond donors (Lipinski definition) is 1. The van der Waals surface area contributed by atoms with Crippen LogP contribution in [0.4, 0.5) is 4.39 Å². The maximum Gasteiger partial charge on any atom is 0.191 e. The maximum absolute atomic E-state index is 13.4. The fraction of sp³-hybridized carbons (Fsp3) is 0.250. The Morgan fingerprint density at radius 1 is 1.22 bits per heavy atom. The summed E-state index contributed by atoms with van der Waals surface area (Å²) in [5, 5.41) is 19.0. The van der Waals surface area contributed by atoms with Gasteiger partial charge in [0.15, 0.2) is 11.0 Å². The first-order valence-corrected chi connectivity index (χ1v) is 9.59. The number of carbonyl (C=O) groups is 1. The summed E-state index contributed by atoms with van der Waals surface area (Å²) in [6, 6.07) is 11.4. The molecule has 0 atom stereocenters. The van der Waals surface area contributed by atoms with Crippen molar-refractivity contribution in [2.24, 2.45) is 0 Å². The molecule has 0 saturated carbocycles. The molecule has 27 heavy (non-hydrogen) atoms. The van der Waals surface area contributed by atoms with Crippen molar-refractivity contribution in [2.75, 3.05) is 5.75 Å². The van der Waals surface area contributed by atoms with Gasteiger partial charge in [0.2, 0.25) is 0 Å². The third-order valence-electron chi connectivity index (χ3n) is 4.24. The molecule has 0 unspecified atom stereocenters. The van der Waals surface area contributed by atoms with Crippen LogP contribution in [0.5, 0.6) is 5.75 Å². The molecule has 0 aliphatic carbocycles. The van der Waals surface area contributed by atoms with Crippen molar-refractivity contribution in [2.45, 2.75) is 32.0 Å². The molecule has 3 aromatic rings. The second-order valence-corrected chi connectivity index (χ2v) is 7.09. The number of nitrogens with zero attached hydrogens (tertiary/aromatic N) is 3. The Balaban J connectivity index is 1.72. The van der Waals surface area contributed by atoms with Crippen LogP contribution in [0.15, 0.2) is 47.6 Å². The Kier molecular flexibility index (Phi) is 5.91. The summed E-state index contributed by atoms with van der Waals surface area (Å²) in [6.07, 6.45) is 0.184. The van der Waals surface area contributed by atoms with Crippen molar-refractivity contribution in [3.05, 3.63) is 59.4 Å². The van der Waals surface area contributed by atoms with Gasteiger partial charge in [0.25, 0.3) is 0 Å². The zero-order valence-corrected chi connectivity index (χ0v) is 16.0. The van der Waals surface area contributed by atoms with Crippen LogP contribution in [-0.2, 0) is 17.8 Å². The molecule has 0 amide bonds. The van der Waals surface area contributed by atoms with Gasteiger partial charge in [-0.05, 0) is 49.2 Å². The van der Waals surface area contributed by atoms with Gasteiger partial charge < -0.3 is 9.67 Å². The van der Waals surface area contributed by atoms with Crippen molar-refractivity contribution in [3.63, 3.8) is 0 Å². The van der Waals surface area contributed by atoms with E-state index in [4.69, 9.17) is 0 Å². The fourth-order valence-electron chi connectivity index (χ4n) is 2.78. The molecule has 0 fully saturated rings. The smallest absolute Gasteiger partial charge is 0.191 e. The van der Waals surface area contributed by atoms with Crippen molar-refractivity contribution >= 4 is 17.5 Å². The normalized spacial score (nSPS) is 10.9. The average Bonchev–Trinajstić information content (AvgIpc) is 3.06. The molecule has 140 valence electrons. The van der Waals surface area contributed by atoms with Gasteiger partial charge in [0, 0.05) is 13.0 Å². The van der Waals surface area contributed by atoms with E-state index >= 15 is 0 Å². The number of Topliss-reactive ketones (excluding diaryl/α,β-unsaturated/α-hetero) is 1. The Morgan fingerprint density at radius 2 is 2.00 bits per heavy atom. The summed E-state index contributed by atoms with van der Waals surface area (Å²) >= 11 is 1.29. The number of rotatable bonds is 7. The molecule has 0 spiro atoms. The topological polar surface area (TPSA) is 68.0 Å². The first-order chi connectivity index (χ1) is 13.0. The number of halogens is 1. The molecular formula is C20H20FN3O2S. The lowest BCUT2D eigenvalue weighted by Gasteiger charge is -2.08. The summed E-state index contributed by atoms with van der Waals surface area (Å²) in [5.74, 6) is 0.562. The van der Waals surface area contributed by atoms with Crippen LogP contribution in [0.2, 0.25) is 0 Å². The van der Waals surface area contributed by atoms with Crippen LogP contribution in [-0.4, -0.2) is 31.4 Å². The Bertz CT molecular complexity index is 972. The number of thioether (sulfide) groups is 1. The first-order valence-electron chi connectivity index (χ1n) is 8.60. The molecule has 1 aromatic heterocycles. The third kappa shape index (κ3) is 4.36. The van der Waals surface area contributed by atoms with Gasteiger partial charge in [-0.1, -0.05) is 30.0 Å². The van der Waals surface area contributed by atoms with Crippen LogP contribution < -0.4 is 0 Å². The quantitative estimate of drug-likeness (QED) is 0.622. The number of para-hydroxylation sites is 1. The highest BCUT2D eigenvalue weighted by atomic mass is 32.2. The summed E-state index contributed by atoms with van der Waals surface area (Å²) in [4.78, 5) is 12.3. The van der Waals surface area contributed by atoms with Gasteiger partial charge in [0.1, 0.15) is 17.3 Å². The molecule has 0 saturated heterocycles. The lowest BCUT2D eigenvalue weighted by atomic mass is 10.0. The second kappa shape index (κ2) is 8.35. The number of aromatic nitrogens is 3. The highest BCUT2D eigenvalue weighted by Crippen LogP contribution is 2.30. The molecule has 7 heteroatoms. The summed E-state index contributed by atoms with van der Waals surface area (Å²) in [6.45, 7) is 4.42. The van der Waals surface area contributed by atoms with Crippen molar-refractivity contribution < 1.29 is 14.3 Å². The molecular weight excluding hydrogens is 365 g/mol. The van der Waals surface area contributed by atoms with E-state index in [0.29, 0.717) is 28.7 Å². The van der Waals surface area contributed by atoms with Crippen LogP contribution in [0, 0.1) is 12.7 Å². The Labute approximate surface area is 161 Å². The van der Waals surface area contributed by atoms with Gasteiger partial charge >= 0.3 is 0 Å². The minimum Gasteiger partial charge on any atom is -0.507 e. The molecule has 5 nitrogen and oxygen atoms in total. The predicted octanol–water partition coefficient (Wildman–Crippen LogP) is 4.02. The lowest BCUT2D eigenvalue weighted by molar-refractivity contribution is -0.116. The lowest BCUT2D eigenvalue weighted by Crippen LogP contribution is -2.08. The van der Waals surface area contributed by atoms with E-state index in [9.17, 15) is 14.3 Å². The maximum atomic E-state index is 13.4. The molecule has 0 aliphatic heterocycles.